The van der Waals surface area contributed by atoms with Gasteiger partial charge >= 0.3 is 6.61 Å². The van der Waals surface area contributed by atoms with Crippen molar-refractivity contribution < 1.29 is 27.5 Å². The first-order chi connectivity index (χ1) is 15.0. The van der Waals surface area contributed by atoms with Crippen LogP contribution in [0.15, 0.2) is 52.7 Å². The number of aromatic nitrogens is 1. The molecular weight excluding hydrogens is 428 g/mol. The highest BCUT2D eigenvalue weighted by atomic mass is 32.1. The molecule has 1 fully saturated rings. The van der Waals surface area contributed by atoms with Crippen LogP contribution in [0.4, 0.5) is 13.9 Å². The van der Waals surface area contributed by atoms with Crippen LogP contribution in [0.3, 0.4) is 0 Å². The van der Waals surface area contributed by atoms with Gasteiger partial charge in [0.05, 0.1) is 17.5 Å². The number of likely N-dealkylation sites (tertiary alicyclic amines) is 1. The third-order valence-corrected chi connectivity index (χ3v) is 5.79. The smallest absolute Gasteiger partial charge is 0.387 e. The number of anilines is 1. The molecule has 10 heteroatoms. The van der Waals surface area contributed by atoms with Gasteiger partial charge < -0.3 is 19.4 Å². The molecule has 1 N–H and O–H groups in total. The highest BCUT2D eigenvalue weighted by Gasteiger charge is 2.28. The Balaban J connectivity index is 1.35. The normalized spacial score (nSPS) is 14.6. The van der Waals surface area contributed by atoms with E-state index in [1.807, 2.05) is 0 Å². The summed E-state index contributed by atoms with van der Waals surface area (Å²) < 4.78 is 34.8. The molecule has 4 rings (SSSR count). The number of ether oxygens (including phenoxy) is 1. The summed E-state index contributed by atoms with van der Waals surface area (Å²) in [6.07, 6.45) is 3.94. The third-order valence-electron chi connectivity index (χ3n) is 5.03. The highest BCUT2D eigenvalue weighted by molar-refractivity contribution is 7.14. The van der Waals surface area contributed by atoms with Crippen molar-refractivity contribution in [3.63, 3.8) is 0 Å². The van der Waals surface area contributed by atoms with E-state index in [9.17, 15) is 18.4 Å². The summed E-state index contributed by atoms with van der Waals surface area (Å²) in [4.78, 5) is 31.1. The molecule has 0 atom stereocenters. The Morgan fingerprint density at radius 3 is 2.71 bits per heavy atom. The minimum Gasteiger partial charge on any atom is -0.472 e. The van der Waals surface area contributed by atoms with Gasteiger partial charge in [0.25, 0.3) is 5.91 Å². The maximum atomic E-state index is 12.6. The zero-order valence-electron chi connectivity index (χ0n) is 16.3. The highest BCUT2D eigenvalue weighted by Crippen LogP contribution is 2.33. The van der Waals surface area contributed by atoms with Crippen LogP contribution in [0, 0.1) is 5.92 Å². The molecule has 3 aromatic rings. The molecular formula is C21H19F2N3O4S. The number of furan rings is 1. The number of alkyl halides is 2. The van der Waals surface area contributed by atoms with Gasteiger partial charge in [-0.2, -0.15) is 8.78 Å². The zero-order valence-corrected chi connectivity index (χ0v) is 17.1. The minimum absolute atomic E-state index is 0.0235. The number of amides is 2. The molecule has 2 aromatic heterocycles. The second-order valence-electron chi connectivity index (χ2n) is 6.98. The number of piperidine rings is 1. The Bertz CT molecular complexity index is 1050. The number of carbonyl (C=O) groups excluding carboxylic acids is 2. The van der Waals surface area contributed by atoms with Crippen molar-refractivity contribution >= 4 is 28.3 Å². The number of halogens is 2. The summed E-state index contributed by atoms with van der Waals surface area (Å²) in [7, 11) is 0. The molecule has 0 radical (unpaired) electrons. The Hall–Kier alpha value is -3.27. The monoisotopic (exact) mass is 447 g/mol. The van der Waals surface area contributed by atoms with E-state index in [1.165, 1.54) is 29.9 Å². The number of para-hydroxylation sites is 1. The SMILES string of the molecule is O=C(Nc1nc(-c2ccccc2OC(F)F)cs1)C1CCN(C(=O)c2ccoc2)CC1. The van der Waals surface area contributed by atoms with Gasteiger partial charge in [-0.15, -0.1) is 11.3 Å². The molecule has 0 unspecified atom stereocenters. The van der Waals surface area contributed by atoms with Gasteiger partial charge in [-0.25, -0.2) is 4.98 Å². The average Bonchev–Trinajstić information content (AvgIpc) is 3.46. The fourth-order valence-electron chi connectivity index (χ4n) is 3.45. The molecule has 162 valence electrons. The van der Waals surface area contributed by atoms with Gasteiger partial charge in [0.1, 0.15) is 12.0 Å². The predicted molar refractivity (Wildman–Crippen MR) is 110 cm³/mol. The second kappa shape index (κ2) is 9.25. The lowest BCUT2D eigenvalue weighted by molar-refractivity contribution is -0.121. The number of thiazole rings is 1. The number of rotatable bonds is 6. The first-order valence-corrected chi connectivity index (χ1v) is 10.5. The molecule has 0 saturated carbocycles. The molecule has 2 amide bonds. The lowest BCUT2D eigenvalue weighted by Crippen LogP contribution is -2.41. The molecule has 3 heterocycles. The molecule has 7 nitrogen and oxygen atoms in total. The van der Waals surface area contributed by atoms with Crippen molar-refractivity contribution in [1.29, 1.82) is 0 Å². The standard InChI is InChI=1S/C21H19F2N3O4S/c22-20(23)30-17-4-2-1-3-15(17)16-12-31-21(24-16)25-18(27)13-5-8-26(9-6-13)19(28)14-7-10-29-11-14/h1-4,7,10-13,20H,5-6,8-9H2,(H,24,25,27). The van der Waals surface area contributed by atoms with Crippen molar-refractivity contribution in [3.05, 3.63) is 53.8 Å². The van der Waals surface area contributed by atoms with Crippen LogP contribution in [-0.4, -0.2) is 41.4 Å². The number of hydrogen-bond acceptors (Lipinski definition) is 6. The molecule has 1 aliphatic heterocycles. The van der Waals surface area contributed by atoms with E-state index in [4.69, 9.17) is 4.42 Å². The quantitative estimate of drug-likeness (QED) is 0.602. The van der Waals surface area contributed by atoms with Crippen LogP contribution in [0.2, 0.25) is 0 Å². The maximum absolute atomic E-state index is 12.6. The van der Waals surface area contributed by atoms with E-state index in [-0.39, 0.29) is 23.5 Å². The summed E-state index contributed by atoms with van der Waals surface area (Å²) in [6.45, 7) is -1.99. The van der Waals surface area contributed by atoms with Gasteiger partial charge in [-0.05, 0) is 31.0 Å². The van der Waals surface area contributed by atoms with Crippen LogP contribution in [0.5, 0.6) is 5.75 Å². The van der Waals surface area contributed by atoms with Crippen molar-refractivity contribution in [3.8, 4) is 17.0 Å². The van der Waals surface area contributed by atoms with E-state index in [2.05, 4.69) is 15.0 Å². The Kier molecular flexibility index (Phi) is 6.26. The number of nitrogens with one attached hydrogen (secondary N) is 1. The Labute approximate surface area is 180 Å². The van der Waals surface area contributed by atoms with E-state index in [0.29, 0.717) is 47.9 Å². The van der Waals surface area contributed by atoms with Crippen LogP contribution in [0.25, 0.3) is 11.3 Å². The van der Waals surface area contributed by atoms with Gasteiger partial charge in [-0.1, -0.05) is 12.1 Å². The molecule has 1 saturated heterocycles. The lowest BCUT2D eigenvalue weighted by atomic mass is 9.95. The zero-order chi connectivity index (χ0) is 21.8. The first kappa shape index (κ1) is 21.0. The average molecular weight is 447 g/mol. The lowest BCUT2D eigenvalue weighted by Gasteiger charge is -2.30. The molecule has 1 aliphatic rings. The predicted octanol–water partition coefficient (Wildman–Crippen LogP) is 4.50. The van der Waals surface area contributed by atoms with E-state index >= 15 is 0 Å². The Morgan fingerprint density at radius 1 is 1.23 bits per heavy atom. The Morgan fingerprint density at radius 2 is 2.00 bits per heavy atom. The molecule has 31 heavy (non-hydrogen) atoms. The van der Waals surface area contributed by atoms with Gasteiger partial charge in [-0.3, -0.25) is 9.59 Å². The minimum atomic E-state index is -2.94. The van der Waals surface area contributed by atoms with Gasteiger partial charge in [0.15, 0.2) is 5.13 Å². The topological polar surface area (TPSA) is 84.7 Å². The fraction of sp³-hybridized carbons (Fsp3) is 0.286. The van der Waals surface area contributed by atoms with Crippen LogP contribution >= 0.6 is 11.3 Å². The number of nitrogens with zero attached hydrogens (tertiary/aromatic N) is 2. The molecule has 0 bridgehead atoms. The molecule has 1 aromatic carbocycles. The van der Waals surface area contributed by atoms with Crippen molar-refractivity contribution in [2.24, 2.45) is 5.92 Å². The third kappa shape index (κ3) is 4.91. The van der Waals surface area contributed by atoms with E-state index in [0.717, 1.165) is 0 Å². The maximum Gasteiger partial charge on any atom is 0.387 e. The summed E-state index contributed by atoms with van der Waals surface area (Å²) in [6, 6.07) is 7.98. The summed E-state index contributed by atoms with van der Waals surface area (Å²) >= 11 is 1.21. The largest absolute Gasteiger partial charge is 0.472 e. The first-order valence-electron chi connectivity index (χ1n) is 9.63. The summed E-state index contributed by atoms with van der Waals surface area (Å²) in [5, 5.41) is 4.85. The number of hydrogen-bond donors (Lipinski definition) is 1. The second-order valence-corrected chi connectivity index (χ2v) is 7.84. The summed E-state index contributed by atoms with van der Waals surface area (Å²) in [5.74, 6) is -0.499. The van der Waals surface area contributed by atoms with Gasteiger partial charge in [0, 0.05) is 30.0 Å². The summed E-state index contributed by atoms with van der Waals surface area (Å²) in [5.41, 5.74) is 1.36. The van der Waals surface area contributed by atoms with Crippen LogP contribution < -0.4 is 10.1 Å². The van der Waals surface area contributed by atoms with Crippen LogP contribution in [0.1, 0.15) is 23.2 Å². The number of carbonyl (C=O) groups is 2. The molecule has 0 spiro atoms. The van der Waals surface area contributed by atoms with Gasteiger partial charge in [0.2, 0.25) is 5.91 Å². The number of benzene rings is 1. The van der Waals surface area contributed by atoms with E-state index < -0.39 is 6.61 Å². The van der Waals surface area contributed by atoms with E-state index in [1.54, 1.807) is 34.5 Å². The van der Waals surface area contributed by atoms with Crippen LogP contribution in [-0.2, 0) is 4.79 Å². The van der Waals surface area contributed by atoms with Crippen molar-refractivity contribution in [2.75, 3.05) is 18.4 Å². The van der Waals surface area contributed by atoms with Crippen molar-refractivity contribution in [1.82, 2.24) is 9.88 Å². The fourth-order valence-corrected chi connectivity index (χ4v) is 4.17. The van der Waals surface area contributed by atoms with Crippen molar-refractivity contribution in [2.45, 2.75) is 19.5 Å². The molecule has 0 aliphatic carbocycles.